The summed E-state index contributed by atoms with van der Waals surface area (Å²) in [7, 11) is 0. The molecule has 1 aromatic carbocycles. The van der Waals surface area contributed by atoms with Gasteiger partial charge in [0.15, 0.2) is 0 Å². The van der Waals surface area contributed by atoms with E-state index in [1.807, 2.05) is 6.92 Å². The van der Waals surface area contributed by atoms with Crippen molar-refractivity contribution in [3.63, 3.8) is 0 Å². The van der Waals surface area contributed by atoms with Crippen molar-refractivity contribution in [2.75, 3.05) is 11.9 Å². The molecule has 92 valence electrons. The van der Waals surface area contributed by atoms with Crippen LogP contribution >= 0.6 is 15.9 Å². The summed E-state index contributed by atoms with van der Waals surface area (Å²) in [6, 6.07) is 2.85. The lowest BCUT2D eigenvalue weighted by molar-refractivity contribution is -0.117. The fourth-order valence-corrected chi connectivity index (χ4v) is 2.37. The highest BCUT2D eigenvalue weighted by Crippen LogP contribution is 2.24. The van der Waals surface area contributed by atoms with Crippen LogP contribution in [0.2, 0.25) is 0 Å². The Bertz CT molecular complexity index is 444. The smallest absolute Gasteiger partial charge is 0.241 e. The van der Waals surface area contributed by atoms with E-state index in [1.54, 1.807) is 6.07 Å². The maximum atomic E-state index is 13.4. The average molecular weight is 301 g/mol. The van der Waals surface area contributed by atoms with Gasteiger partial charge >= 0.3 is 0 Å². The number of carbonyl (C=O) groups is 1. The molecule has 0 aromatic heterocycles. The number of carbonyl (C=O) groups excluding carboxylic acids is 1. The quantitative estimate of drug-likeness (QED) is 0.881. The van der Waals surface area contributed by atoms with E-state index in [9.17, 15) is 9.18 Å². The van der Waals surface area contributed by atoms with Crippen molar-refractivity contribution in [2.24, 2.45) is 0 Å². The van der Waals surface area contributed by atoms with Gasteiger partial charge in [0.25, 0.3) is 0 Å². The van der Waals surface area contributed by atoms with Crippen molar-refractivity contribution in [3.8, 4) is 0 Å². The first-order valence-corrected chi connectivity index (χ1v) is 6.37. The highest BCUT2D eigenvalue weighted by atomic mass is 79.9. The van der Waals surface area contributed by atoms with Crippen LogP contribution in [0, 0.1) is 12.7 Å². The molecule has 2 rings (SSSR count). The third-order valence-corrected chi connectivity index (χ3v) is 3.51. The second-order valence-electron chi connectivity index (χ2n) is 4.22. The first-order chi connectivity index (χ1) is 8.08. The average Bonchev–Trinajstić information content (AvgIpc) is 2.79. The number of rotatable bonds is 2. The van der Waals surface area contributed by atoms with Crippen LogP contribution in [-0.2, 0) is 4.79 Å². The first-order valence-electron chi connectivity index (χ1n) is 5.58. The van der Waals surface area contributed by atoms with Crippen molar-refractivity contribution in [2.45, 2.75) is 25.8 Å². The molecule has 1 fully saturated rings. The molecule has 1 aliphatic rings. The van der Waals surface area contributed by atoms with Gasteiger partial charge in [0.05, 0.1) is 10.5 Å². The Morgan fingerprint density at radius 3 is 3.00 bits per heavy atom. The van der Waals surface area contributed by atoms with Gasteiger partial charge in [0.2, 0.25) is 5.91 Å². The lowest BCUT2D eigenvalue weighted by Gasteiger charge is -2.13. The number of benzene rings is 1. The summed E-state index contributed by atoms with van der Waals surface area (Å²) in [4.78, 5) is 11.9. The molecule has 0 spiro atoms. The predicted molar refractivity (Wildman–Crippen MR) is 68.5 cm³/mol. The van der Waals surface area contributed by atoms with E-state index in [-0.39, 0.29) is 17.8 Å². The van der Waals surface area contributed by atoms with E-state index >= 15 is 0 Å². The van der Waals surface area contributed by atoms with Crippen LogP contribution < -0.4 is 10.6 Å². The van der Waals surface area contributed by atoms with Gasteiger partial charge in [-0.15, -0.1) is 0 Å². The van der Waals surface area contributed by atoms with Crippen molar-refractivity contribution >= 4 is 27.5 Å². The standard InChI is InChI=1S/C12H14BrFN2O/c1-7-5-8(13)9(14)6-11(7)16-12(17)10-3-2-4-15-10/h5-6,10,15H,2-4H2,1H3,(H,16,17). The molecule has 1 amide bonds. The van der Waals surface area contributed by atoms with E-state index in [4.69, 9.17) is 0 Å². The van der Waals surface area contributed by atoms with Gasteiger partial charge in [0, 0.05) is 5.69 Å². The normalized spacial score (nSPS) is 19.4. The van der Waals surface area contributed by atoms with Crippen LogP contribution in [0.5, 0.6) is 0 Å². The molecule has 0 saturated carbocycles. The molecule has 3 nitrogen and oxygen atoms in total. The molecule has 0 radical (unpaired) electrons. The first kappa shape index (κ1) is 12.5. The largest absolute Gasteiger partial charge is 0.324 e. The Hall–Kier alpha value is -0.940. The second-order valence-corrected chi connectivity index (χ2v) is 5.07. The van der Waals surface area contributed by atoms with Crippen LogP contribution in [0.1, 0.15) is 18.4 Å². The van der Waals surface area contributed by atoms with Crippen molar-refractivity contribution in [1.29, 1.82) is 0 Å². The maximum absolute atomic E-state index is 13.4. The number of nitrogens with one attached hydrogen (secondary N) is 2. The number of anilines is 1. The lowest BCUT2D eigenvalue weighted by atomic mass is 10.1. The molecule has 1 heterocycles. The summed E-state index contributed by atoms with van der Waals surface area (Å²) < 4.78 is 13.8. The highest BCUT2D eigenvalue weighted by Gasteiger charge is 2.22. The van der Waals surface area contributed by atoms with E-state index in [0.717, 1.165) is 24.9 Å². The second kappa shape index (κ2) is 5.14. The lowest BCUT2D eigenvalue weighted by Crippen LogP contribution is -2.35. The SMILES string of the molecule is Cc1cc(Br)c(F)cc1NC(=O)C1CCCN1. The molecule has 2 N–H and O–H groups in total. The van der Waals surface area contributed by atoms with Crippen molar-refractivity contribution in [1.82, 2.24) is 5.32 Å². The molecule has 1 aromatic rings. The van der Waals surface area contributed by atoms with Crippen LogP contribution in [-0.4, -0.2) is 18.5 Å². The fraction of sp³-hybridized carbons (Fsp3) is 0.417. The Kier molecular flexibility index (Phi) is 3.79. The molecule has 17 heavy (non-hydrogen) atoms. The van der Waals surface area contributed by atoms with Crippen molar-refractivity contribution < 1.29 is 9.18 Å². The highest BCUT2D eigenvalue weighted by molar-refractivity contribution is 9.10. The van der Waals surface area contributed by atoms with Gasteiger partial charge < -0.3 is 10.6 Å². The van der Waals surface area contributed by atoms with Gasteiger partial charge in [-0.05, 0) is 59.9 Å². The summed E-state index contributed by atoms with van der Waals surface area (Å²) in [5, 5.41) is 5.86. The zero-order valence-corrected chi connectivity index (χ0v) is 11.1. The molecular weight excluding hydrogens is 287 g/mol. The summed E-state index contributed by atoms with van der Waals surface area (Å²) >= 11 is 3.11. The van der Waals surface area contributed by atoms with Crippen molar-refractivity contribution in [3.05, 3.63) is 28.0 Å². The topological polar surface area (TPSA) is 41.1 Å². The number of hydrogen-bond donors (Lipinski definition) is 2. The third kappa shape index (κ3) is 2.84. The van der Waals surface area contributed by atoms with Gasteiger partial charge in [-0.1, -0.05) is 0 Å². The predicted octanol–water partition coefficient (Wildman–Crippen LogP) is 2.59. The Labute approximate surface area is 108 Å². The zero-order chi connectivity index (χ0) is 12.4. The van der Waals surface area contributed by atoms with E-state index < -0.39 is 0 Å². The molecule has 1 unspecified atom stereocenters. The molecule has 1 atom stereocenters. The molecular formula is C12H14BrFN2O. The summed E-state index contributed by atoms with van der Waals surface area (Å²) in [6.45, 7) is 2.70. The molecule has 1 saturated heterocycles. The monoisotopic (exact) mass is 300 g/mol. The molecule has 5 heteroatoms. The molecule has 0 aliphatic carbocycles. The minimum atomic E-state index is -0.370. The summed E-state index contributed by atoms with van der Waals surface area (Å²) in [6.07, 6.45) is 1.84. The minimum Gasteiger partial charge on any atom is -0.324 e. The number of amides is 1. The Morgan fingerprint density at radius 2 is 2.35 bits per heavy atom. The van der Waals surface area contributed by atoms with E-state index in [1.165, 1.54) is 6.07 Å². The summed E-state index contributed by atoms with van der Waals surface area (Å²) in [5.41, 5.74) is 1.37. The van der Waals surface area contributed by atoms with Gasteiger partial charge in [-0.2, -0.15) is 0 Å². The summed E-state index contributed by atoms with van der Waals surface area (Å²) in [5.74, 6) is -0.461. The van der Waals surface area contributed by atoms with Crippen LogP contribution in [0.3, 0.4) is 0 Å². The Morgan fingerprint density at radius 1 is 1.59 bits per heavy atom. The Balaban J connectivity index is 2.12. The van der Waals surface area contributed by atoms with Gasteiger partial charge in [-0.25, -0.2) is 4.39 Å². The minimum absolute atomic E-state index is 0.0904. The van der Waals surface area contributed by atoms with Gasteiger partial charge in [-0.3, -0.25) is 4.79 Å². The van der Waals surface area contributed by atoms with Crippen LogP contribution in [0.25, 0.3) is 0 Å². The number of aryl methyl sites for hydroxylation is 1. The van der Waals surface area contributed by atoms with Gasteiger partial charge in [0.1, 0.15) is 5.82 Å². The van der Waals surface area contributed by atoms with E-state index in [0.29, 0.717) is 10.2 Å². The third-order valence-electron chi connectivity index (χ3n) is 2.90. The maximum Gasteiger partial charge on any atom is 0.241 e. The molecule has 1 aliphatic heterocycles. The molecule has 0 bridgehead atoms. The number of hydrogen-bond acceptors (Lipinski definition) is 2. The zero-order valence-electron chi connectivity index (χ0n) is 9.52. The van der Waals surface area contributed by atoms with Crippen LogP contribution in [0.15, 0.2) is 16.6 Å². The van der Waals surface area contributed by atoms with Crippen LogP contribution in [0.4, 0.5) is 10.1 Å². The fourth-order valence-electron chi connectivity index (χ4n) is 1.91. The van der Waals surface area contributed by atoms with E-state index in [2.05, 4.69) is 26.6 Å². The number of halogens is 2.